The maximum Gasteiger partial charge on any atom is 0.187 e. The van der Waals surface area contributed by atoms with E-state index in [1.165, 1.54) is 0 Å². The molecule has 5 unspecified atom stereocenters. The molecule has 0 aromatic rings. The number of ketones is 2. The molecule has 0 aromatic carbocycles. The number of Topliss-reactive ketones (excluding diaryl/α,β-unsaturated/α-hetero) is 2. The van der Waals surface area contributed by atoms with Gasteiger partial charge < -0.3 is 55.3 Å². The summed E-state index contributed by atoms with van der Waals surface area (Å²) in [6, 6.07) is -1.32. The fourth-order valence-corrected chi connectivity index (χ4v) is 4.38. The normalized spacial score (nSPS) is 43.0. The first-order valence-electron chi connectivity index (χ1n) is 11.0. The summed E-state index contributed by atoms with van der Waals surface area (Å²) in [5.74, 6) is -0.784. The minimum atomic E-state index is -1.77. The molecule has 0 radical (unpaired) electrons. The number of hydrogen-bond donors (Lipinski definition) is 8. The van der Waals surface area contributed by atoms with Crippen molar-refractivity contribution >= 4 is 11.6 Å². The highest BCUT2D eigenvalue weighted by Crippen LogP contribution is 2.34. The second-order valence-corrected chi connectivity index (χ2v) is 9.65. The third-order valence-corrected chi connectivity index (χ3v) is 6.31. The van der Waals surface area contributed by atoms with Crippen molar-refractivity contribution in [2.45, 2.75) is 88.0 Å². The summed E-state index contributed by atoms with van der Waals surface area (Å²) in [7, 11) is 0. The summed E-state index contributed by atoms with van der Waals surface area (Å²) in [4.78, 5) is 24.8. The van der Waals surface area contributed by atoms with Crippen LogP contribution in [0.5, 0.6) is 0 Å². The van der Waals surface area contributed by atoms with Crippen LogP contribution in [0.1, 0.15) is 26.7 Å². The molecule has 8 N–H and O–H groups in total. The first-order chi connectivity index (χ1) is 15.9. The minimum Gasteiger partial charge on any atom is -0.394 e. The van der Waals surface area contributed by atoms with Crippen LogP contribution in [-0.2, 0) is 23.8 Å². The van der Waals surface area contributed by atoms with E-state index in [1.54, 1.807) is 13.8 Å². The fourth-order valence-electron chi connectivity index (χ4n) is 4.38. The van der Waals surface area contributed by atoms with Crippen LogP contribution in [0.25, 0.3) is 0 Å². The highest BCUT2D eigenvalue weighted by Gasteiger charge is 2.50. The average molecular weight is 491 g/mol. The van der Waals surface area contributed by atoms with E-state index < -0.39 is 91.5 Å². The molecule has 3 fully saturated rings. The number of aliphatic hydroxyl groups is 7. The molecule has 3 aliphatic rings. The first kappa shape index (κ1) is 27.1. The largest absolute Gasteiger partial charge is 0.394 e. The van der Waals surface area contributed by atoms with Crippen LogP contribution in [0.3, 0.4) is 0 Å². The molecule has 0 amide bonds. The van der Waals surface area contributed by atoms with Crippen LogP contribution in [0.4, 0.5) is 0 Å². The number of rotatable bonds is 6. The van der Waals surface area contributed by atoms with Gasteiger partial charge in [0, 0.05) is 19.0 Å². The van der Waals surface area contributed by atoms with E-state index in [2.05, 4.69) is 5.32 Å². The quantitative estimate of drug-likeness (QED) is 0.132. The van der Waals surface area contributed by atoms with Gasteiger partial charge in [-0.15, -0.1) is 0 Å². The number of carbonyl (C=O) groups is 2. The molecule has 1 saturated carbocycles. The summed E-state index contributed by atoms with van der Waals surface area (Å²) in [5, 5.41) is 72.9. The average Bonchev–Trinajstić information content (AvgIpc) is 2.75. The summed E-state index contributed by atoms with van der Waals surface area (Å²) < 4.78 is 16.1. The summed E-state index contributed by atoms with van der Waals surface area (Å²) in [6.07, 6.45) is -12.7. The topological polar surface area (TPSA) is 215 Å². The van der Waals surface area contributed by atoms with Gasteiger partial charge in [-0.3, -0.25) is 9.59 Å². The molecule has 2 aliphatic heterocycles. The maximum atomic E-state index is 12.4. The van der Waals surface area contributed by atoms with Gasteiger partial charge in [-0.1, -0.05) is 13.8 Å². The highest BCUT2D eigenvalue weighted by atomic mass is 16.7. The van der Waals surface area contributed by atoms with E-state index in [0.29, 0.717) is 0 Å². The second kappa shape index (κ2) is 10.6. The zero-order chi connectivity index (χ0) is 25.4. The summed E-state index contributed by atoms with van der Waals surface area (Å²) in [6.45, 7) is 2.18. The van der Waals surface area contributed by atoms with Crippen molar-refractivity contribution in [1.82, 2.24) is 5.32 Å². The van der Waals surface area contributed by atoms with Crippen molar-refractivity contribution in [3.63, 3.8) is 0 Å². The molecule has 13 heteroatoms. The predicted octanol–water partition coefficient (Wildman–Crippen LogP) is -3.96. The molecule has 2 heterocycles. The zero-order valence-corrected chi connectivity index (χ0v) is 18.9. The van der Waals surface area contributed by atoms with Gasteiger partial charge in [0.25, 0.3) is 0 Å². The van der Waals surface area contributed by atoms with E-state index in [-0.39, 0.29) is 18.4 Å². The molecule has 2 saturated heterocycles. The number of carbonyl (C=O) groups excluding carboxylic acids is 2. The Morgan fingerprint density at radius 2 is 1.50 bits per heavy atom. The number of aliphatic hydroxyl groups excluding tert-OH is 7. The van der Waals surface area contributed by atoms with Gasteiger partial charge in [0.2, 0.25) is 0 Å². The lowest BCUT2D eigenvalue weighted by molar-refractivity contribution is -0.345. The number of nitrogens with one attached hydrogen (secondary N) is 1. The van der Waals surface area contributed by atoms with E-state index >= 15 is 0 Å². The van der Waals surface area contributed by atoms with Crippen molar-refractivity contribution in [3.05, 3.63) is 11.8 Å². The molecule has 3 rings (SSSR count). The van der Waals surface area contributed by atoms with Crippen molar-refractivity contribution < 1.29 is 59.5 Å². The molecule has 13 nitrogen and oxygen atoms in total. The minimum absolute atomic E-state index is 0.116. The summed E-state index contributed by atoms with van der Waals surface area (Å²) >= 11 is 0. The maximum absolute atomic E-state index is 12.4. The zero-order valence-electron chi connectivity index (χ0n) is 18.9. The smallest absolute Gasteiger partial charge is 0.187 e. The Morgan fingerprint density at radius 1 is 0.912 bits per heavy atom. The highest BCUT2D eigenvalue weighted by molar-refractivity contribution is 6.22. The van der Waals surface area contributed by atoms with E-state index in [1.807, 2.05) is 0 Å². The Labute approximate surface area is 195 Å². The molecule has 10 atom stereocenters. The van der Waals surface area contributed by atoms with Crippen molar-refractivity contribution in [3.8, 4) is 0 Å². The van der Waals surface area contributed by atoms with Crippen LogP contribution >= 0.6 is 0 Å². The molecule has 1 aliphatic carbocycles. The lowest BCUT2D eigenvalue weighted by Crippen LogP contribution is -2.66. The fraction of sp³-hybridized carbons (Fsp3) is 0.810. The Kier molecular flexibility index (Phi) is 8.46. The monoisotopic (exact) mass is 491 g/mol. The number of ether oxygens (including phenoxy) is 3. The number of hydrogen-bond acceptors (Lipinski definition) is 13. The molecular formula is C21H33NO12. The van der Waals surface area contributed by atoms with Crippen molar-refractivity contribution in [2.75, 3.05) is 13.2 Å². The molecule has 34 heavy (non-hydrogen) atoms. The molecule has 0 aromatic heterocycles. The molecule has 0 bridgehead atoms. The molecular weight excluding hydrogens is 458 g/mol. The van der Waals surface area contributed by atoms with Crippen LogP contribution in [0.2, 0.25) is 0 Å². The van der Waals surface area contributed by atoms with Gasteiger partial charge in [-0.2, -0.15) is 0 Å². The third kappa shape index (κ3) is 5.49. The van der Waals surface area contributed by atoms with Crippen LogP contribution in [-0.4, -0.2) is 122 Å². The van der Waals surface area contributed by atoms with Crippen LogP contribution in [0, 0.1) is 5.41 Å². The van der Waals surface area contributed by atoms with Gasteiger partial charge in [0.1, 0.15) is 48.8 Å². The summed E-state index contributed by atoms with van der Waals surface area (Å²) in [5.41, 5.74) is -0.591. The second-order valence-electron chi connectivity index (χ2n) is 9.65. The Bertz CT molecular complexity index is 764. The van der Waals surface area contributed by atoms with Gasteiger partial charge in [-0.05, 0) is 5.41 Å². The standard InChI is InChI=1S/C21H33NO12/c1-21(2)3-9(25)8(10(26)4-21)5-22-13-15(28)18(12(7-24)32-19(13)31)34-20-17(30)16(29)14(27)11(6-23)33-20/h5,11-20,22-24,27-31H,3-4,6-7H2,1-2H3/t11?,12?,13?,14-,15+,16-,17?,18+,19?,20-/m0/s1. The molecule has 194 valence electrons. The Balaban J connectivity index is 1.76. The lowest BCUT2D eigenvalue weighted by Gasteiger charge is -2.46. The lowest BCUT2D eigenvalue weighted by atomic mass is 9.74. The van der Waals surface area contributed by atoms with Crippen LogP contribution in [0.15, 0.2) is 11.8 Å². The molecule has 0 spiro atoms. The first-order valence-corrected chi connectivity index (χ1v) is 11.0. The van der Waals surface area contributed by atoms with Crippen LogP contribution < -0.4 is 5.32 Å². The van der Waals surface area contributed by atoms with E-state index in [4.69, 9.17) is 14.2 Å². The predicted molar refractivity (Wildman–Crippen MR) is 111 cm³/mol. The van der Waals surface area contributed by atoms with E-state index in [0.717, 1.165) is 6.20 Å². The van der Waals surface area contributed by atoms with Gasteiger partial charge in [0.15, 0.2) is 24.1 Å². The van der Waals surface area contributed by atoms with Gasteiger partial charge in [0.05, 0.1) is 18.8 Å². The SMILES string of the molecule is CC1(C)CC(=O)C(=CNC2C(O)OC(CO)[C@@H](O[C@@H]3OC(CO)[C@H](O)[C@H](O)C3O)[C@@H]2O)C(=O)C1. The van der Waals surface area contributed by atoms with Gasteiger partial charge >= 0.3 is 0 Å². The number of allylic oxidation sites excluding steroid dienone is 1. The Hall–Kier alpha value is -1.52. The Morgan fingerprint density at radius 3 is 2.06 bits per heavy atom. The van der Waals surface area contributed by atoms with Crippen molar-refractivity contribution in [2.24, 2.45) is 5.41 Å². The van der Waals surface area contributed by atoms with Gasteiger partial charge in [-0.25, -0.2) is 0 Å². The van der Waals surface area contributed by atoms with Crippen molar-refractivity contribution in [1.29, 1.82) is 0 Å². The third-order valence-electron chi connectivity index (χ3n) is 6.31. The van der Waals surface area contributed by atoms with E-state index in [9.17, 15) is 45.3 Å².